The van der Waals surface area contributed by atoms with Gasteiger partial charge in [0.25, 0.3) is 5.56 Å². The SMILES string of the molecule is O=c1sc2ccccc2c(=O)n1CCCNC1CC1. The molecule has 5 heteroatoms. The molecule has 0 aliphatic heterocycles. The molecule has 19 heavy (non-hydrogen) atoms. The van der Waals surface area contributed by atoms with Crippen LogP contribution in [0.25, 0.3) is 10.1 Å². The lowest BCUT2D eigenvalue weighted by atomic mass is 10.3. The van der Waals surface area contributed by atoms with Crippen molar-refractivity contribution < 1.29 is 0 Å². The Labute approximate surface area is 114 Å². The van der Waals surface area contributed by atoms with E-state index in [0.717, 1.165) is 29.0 Å². The zero-order valence-corrected chi connectivity index (χ0v) is 11.4. The third-order valence-corrected chi connectivity index (χ3v) is 4.32. The second-order valence-electron chi connectivity index (χ2n) is 4.90. The number of nitrogens with one attached hydrogen (secondary N) is 1. The highest BCUT2D eigenvalue weighted by molar-refractivity contribution is 7.16. The summed E-state index contributed by atoms with van der Waals surface area (Å²) in [4.78, 5) is 24.0. The van der Waals surface area contributed by atoms with Gasteiger partial charge in [-0.2, -0.15) is 0 Å². The van der Waals surface area contributed by atoms with Crippen LogP contribution in [0.1, 0.15) is 19.3 Å². The molecule has 0 atom stereocenters. The van der Waals surface area contributed by atoms with E-state index in [1.54, 1.807) is 6.07 Å². The van der Waals surface area contributed by atoms with E-state index in [4.69, 9.17) is 0 Å². The topological polar surface area (TPSA) is 51.1 Å². The Morgan fingerprint density at radius 2 is 2.05 bits per heavy atom. The van der Waals surface area contributed by atoms with Gasteiger partial charge in [-0.3, -0.25) is 14.2 Å². The van der Waals surface area contributed by atoms with Gasteiger partial charge in [-0.05, 0) is 37.9 Å². The van der Waals surface area contributed by atoms with E-state index in [0.29, 0.717) is 18.0 Å². The van der Waals surface area contributed by atoms with Gasteiger partial charge in [-0.25, -0.2) is 0 Å². The minimum atomic E-state index is -0.161. The van der Waals surface area contributed by atoms with E-state index in [1.807, 2.05) is 18.2 Å². The highest BCUT2D eigenvalue weighted by atomic mass is 32.1. The molecule has 1 heterocycles. The predicted molar refractivity (Wildman–Crippen MR) is 78.0 cm³/mol. The summed E-state index contributed by atoms with van der Waals surface area (Å²) >= 11 is 1.15. The maximum Gasteiger partial charge on any atom is 0.310 e. The molecule has 1 fully saturated rings. The first-order valence-electron chi connectivity index (χ1n) is 6.62. The number of hydrogen-bond donors (Lipinski definition) is 1. The zero-order valence-electron chi connectivity index (χ0n) is 10.6. The smallest absolute Gasteiger partial charge is 0.310 e. The maximum atomic E-state index is 12.2. The summed E-state index contributed by atoms with van der Waals surface area (Å²) < 4.78 is 2.13. The Kier molecular flexibility index (Phi) is 3.48. The standard InChI is InChI=1S/C14H16N2O2S/c17-13-11-4-1-2-5-12(11)19-14(18)16(13)9-3-8-15-10-6-7-10/h1-2,4-5,10,15H,3,6-9H2. The van der Waals surface area contributed by atoms with Crippen molar-refractivity contribution >= 4 is 21.4 Å². The lowest BCUT2D eigenvalue weighted by molar-refractivity contribution is 0.566. The normalized spacial score (nSPS) is 14.9. The highest BCUT2D eigenvalue weighted by Crippen LogP contribution is 2.18. The molecule has 1 aliphatic rings. The molecular weight excluding hydrogens is 260 g/mol. The van der Waals surface area contributed by atoms with Gasteiger partial charge in [0.05, 0.1) is 5.39 Å². The molecule has 4 nitrogen and oxygen atoms in total. The van der Waals surface area contributed by atoms with Crippen molar-refractivity contribution in [2.75, 3.05) is 6.54 Å². The molecule has 0 unspecified atom stereocenters. The van der Waals surface area contributed by atoms with Gasteiger partial charge in [-0.15, -0.1) is 0 Å². The van der Waals surface area contributed by atoms with Crippen LogP contribution in [-0.2, 0) is 6.54 Å². The van der Waals surface area contributed by atoms with E-state index >= 15 is 0 Å². The van der Waals surface area contributed by atoms with Crippen molar-refractivity contribution in [3.05, 3.63) is 44.3 Å². The van der Waals surface area contributed by atoms with Gasteiger partial charge in [0.2, 0.25) is 0 Å². The molecule has 2 aromatic rings. The van der Waals surface area contributed by atoms with Crippen LogP contribution in [0.3, 0.4) is 0 Å². The first-order chi connectivity index (χ1) is 9.25. The van der Waals surface area contributed by atoms with Crippen LogP contribution in [0.5, 0.6) is 0 Å². The number of fused-ring (bicyclic) bond motifs is 1. The zero-order chi connectivity index (χ0) is 13.2. The van der Waals surface area contributed by atoms with Crippen molar-refractivity contribution in [1.29, 1.82) is 0 Å². The van der Waals surface area contributed by atoms with Crippen molar-refractivity contribution in [3.63, 3.8) is 0 Å². The van der Waals surface area contributed by atoms with Crippen LogP contribution in [0.4, 0.5) is 0 Å². The van der Waals surface area contributed by atoms with Crippen LogP contribution in [0.2, 0.25) is 0 Å². The molecule has 0 bridgehead atoms. The second kappa shape index (κ2) is 5.27. The third-order valence-electron chi connectivity index (χ3n) is 3.35. The molecule has 1 aliphatic carbocycles. The molecule has 100 valence electrons. The Balaban J connectivity index is 1.81. The van der Waals surface area contributed by atoms with Crippen molar-refractivity contribution in [2.45, 2.75) is 31.8 Å². The van der Waals surface area contributed by atoms with E-state index in [9.17, 15) is 9.59 Å². The van der Waals surface area contributed by atoms with Crippen molar-refractivity contribution in [3.8, 4) is 0 Å². The molecular formula is C14H16N2O2S. The van der Waals surface area contributed by atoms with Crippen molar-refractivity contribution in [2.24, 2.45) is 0 Å². The second-order valence-corrected chi connectivity index (χ2v) is 5.90. The molecule has 0 saturated heterocycles. The van der Waals surface area contributed by atoms with E-state index in [2.05, 4.69) is 5.32 Å². The van der Waals surface area contributed by atoms with Crippen LogP contribution in [0.15, 0.2) is 33.9 Å². The van der Waals surface area contributed by atoms with Gasteiger partial charge < -0.3 is 5.32 Å². The molecule has 0 radical (unpaired) electrons. The molecule has 1 saturated carbocycles. The summed E-state index contributed by atoms with van der Waals surface area (Å²) in [5, 5.41) is 4.03. The van der Waals surface area contributed by atoms with Crippen LogP contribution in [0, 0.1) is 0 Å². The minimum absolute atomic E-state index is 0.157. The summed E-state index contributed by atoms with van der Waals surface area (Å²) in [6.45, 7) is 1.37. The summed E-state index contributed by atoms with van der Waals surface area (Å²) in [7, 11) is 0. The Morgan fingerprint density at radius 1 is 1.26 bits per heavy atom. The number of rotatable bonds is 5. The molecule has 0 spiro atoms. The number of nitrogens with zero attached hydrogens (tertiary/aromatic N) is 1. The summed E-state index contributed by atoms with van der Waals surface area (Å²) in [5.41, 5.74) is -0.161. The Morgan fingerprint density at radius 3 is 2.84 bits per heavy atom. The van der Waals surface area contributed by atoms with Gasteiger partial charge in [-0.1, -0.05) is 23.5 Å². The summed E-state index contributed by atoms with van der Waals surface area (Å²) in [6.07, 6.45) is 3.33. The fraction of sp³-hybridized carbons (Fsp3) is 0.429. The minimum Gasteiger partial charge on any atom is -0.314 e. The van der Waals surface area contributed by atoms with Gasteiger partial charge in [0.1, 0.15) is 0 Å². The van der Waals surface area contributed by atoms with E-state index < -0.39 is 0 Å². The van der Waals surface area contributed by atoms with Crippen molar-refractivity contribution in [1.82, 2.24) is 9.88 Å². The predicted octanol–water partition coefficient (Wildman–Crippen LogP) is 1.57. The number of aromatic nitrogens is 1. The van der Waals surface area contributed by atoms with Crippen LogP contribution in [-0.4, -0.2) is 17.2 Å². The Bertz CT molecular complexity index is 700. The fourth-order valence-electron chi connectivity index (χ4n) is 2.13. The molecule has 3 rings (SSSR count). The van der Waals surface area contributed by atoms with E-state index in [1.165, 1.54) is 17.4 Å². The summed E-state index contributed by atoms with van der Waals surface area (Å²) in [5.74, 6) is 0. The first-order valence-corrected chi connectivity index (χ1v) is 7.43. The lowest BCUT2D eigenvalue weighted by Crippen LogP contribution is -2.32. The first kappa shape index (κ1) is 12.6. The quantitative estimate of drug-likeness (QED) is 0.843. The molecule has 1 N–H and O–H groups in total. The van der Waals surface area contributed by atoms with Gasteiger partial charge in [0.15, 0.2) is 0 Å². The highest BCUT2D eigenvalue weighted by Gasteiger charge is 2.19. The third kappa shape index (κ3) is 2.77. The number of hydrogen-bond acceptors (Lipinski definition) is 4. The van der Waals surface area contributed by atoms with E-state index in [-0.39, 0.29) is 10.4 Å². The van der Waals surface area contributed by atoms with Gasteiger partial charge in [0, 0.05) is 17.3 Å². The summed E-state index contributed by atoms with van der Waals surface area (Å²) in [6, 6.07) is 7.96. The average molecular weight is 276 g/mol. The molecule has 1 aromatic carbocycles. The largest absolute Gasteiger partial charge is 0.314 e. The Hall–Kier alpha value is -1.46. The monoisotopic (exact) mass is 276 g/mol. The lowest BCUT2D eigenvalue weighted by Gasteiger charge is -2.06. The maximum absolute atomic E-state index is 12.2. The van der Waals surface area contributed by atoms with Gasteiger partial charge >= 0.3 is 4.87 Å². The van der Waals surface area contributed by atoms with Crippen LogP contribution < -0.4 is 15.7 Å². The average Bonchev–Trinajstić information content (AvgIpc) is 3.22. The van der Waals surface area contributed by atoms with Crippen LogP contribution >= 0.6 is 11.3 Å². The molecule has 1 aromatic heterocycles. The molecule has 0 amide bonds. The number of benzene rings is 1. The fourth-order valence-corrected chi connectivity index (χ4v) is 3.02.